The van der Waals surface area contributed by atoms with Gasteiger partial charge in [0.1, 0.15) is 5.75 Å². The number of hydrogen-bond donors (Lipinski definition) is 1. The highest BCUT2D eigenvalue weighted by molar-refractivity contribution is 9.11. The standard InChI is InChI=1S/C23H18Br2N2O4S/c1-3-31-22(30)18-12(2)26-23-27(19(18)14-7-5-4-6-8-14)21(29)17(32-23)11-13-9-15(24)20(28)16(25)10-13/h4-11,19,28H,3H2,1-2H3/b17-11+/t19-/m1/s1. The van der Waals surface area contributed by atoms with Gasteiger partial charge in [0.05, 0.1) is 37.4 Å². The van der Waals surface area contributed by atoms with Crippen LogP contribution < -0.4 is 14.9 Å². The van der Waals surface area contributed by atoms with Crippen molar-refractivity contribution >= 4 is 55.2 Å². The number of esters is 1. The van der Waals surface area contributed by atoms with E-state index in [1.165, 1.54) is 11.3 Å². The highest BCUT2D eigenvalue weighted by Crippen LogP contribution is 2.34. The first-order valence-corrected chi connectivity index (χ1v) is 12.1. The van der Waals surface area contributed by atoms with E-state index in [-0.39, 0.29) is 17.9 Å². The maximum atomic E-state index is 13.5. The van der Waals surface area contributed by atoms with E-state index in [1.54, 1.807) is 36.6 Å². The van der Waals surface area contributed by atoms with Crippen molar-refractivity contribution in [2.24, 2.45) is 4.99 Å². The van der Waals surface area contributed by atoms with Crippen molar-refractivity contribution < 1.29 is 14.6 Å². The largest absolute Gasteiger partial charge is 0.506 e. The Morgan fingerprint density at radius 1 is 1.25 bits per heavy atom. The lowest BCUT2D eigenvalue weighted by atomic mass is 9.96. The van der Waals surface area contributed by atoms with Crippen LogP contribution in [0.3, 0.4) is 0 Å². The summed E-state index contributed by atoms with van der Waals surface area (Å²) in [4.78, 5) is 31.4. The van der Waals surface area contributed by atoms with Gasteiger partial charge in [-0.05, 0) is 75.0 Å². The molecule has 0 saturated carbocycles. The summed E-state index contributed by atoms with van der Waals surface area (Å²) in [5.74, 6) is -0.398. The molecule has 0 unspecified atom stereocenters. The predicted octanol–water partition coefficient (Wildman–Crippen LogP) is 4.03. The number of fused-ring (bicyclic) bond motifs is 1. The minimum atomic E-state index is -0.632. The van der Waals surface area contributed by atoms with Gasteiger partial charge in [-0.1, -0.05) is 41.7 Å². The molecule has 9 heteroatoms. The molecule has 1 aliphatic heterocycles. The third-order valence-electron chi connectivity index (χ3n) is 4.97. The molecule has 0 bridgehead atoms. The van der Waals surface area contributed by atoms with Crippen LogP contribution >= 0.6 is 43.2 Å². The van der Waals surface area contributed by atoms with Gasteiger partial charge >= 0.3 is 5.97 Å². The lowest BCUT2D eigenvalue weighted by Crippen LogP contribution is -2.39. The molecule has 1 atom stereocenters. The number of aromatic hydroxyl groups is 1. The molecule has 4 rings (SSSR count). The zero-order valence-electron chi connectivity index (χ0n) is 17.1. The Balaban J connectivity index is 1.96. The van der Waals surface area contributed by atoms with Crippen molar-refractivity contribution in [2.45, 2.75) is 19.9 Å². The fourth-order valence-electron chi connectivity index (χ4n) is 3.56. The van der Waals surface area contributed by atoms with E-state index >= 15 is 0 Å². The Hall–Kier alpha value is -2.49. The Morgan fingerprint density at radius 3 is 2.53 bits per heavy atom. The Labute approximate surface area is 204 Å². The number of benzene rings is 2. The van der Waals surface area contributed by atoms with Gasteiger partial charge in [-0.3, -0.25) is 9.36 Å². The summed E-state index contributed by atoms with van der Waals surface area (Å²) in [6.45, 7) is 3.73. The first kappa shape index (κ1) is 22.7. The maximum Gasteiger partial charge on any atom is 0.338 e. The number of nitrogens with zero attached hydrogens (tertiary/aromatic N) is 2. The summed E-state index contributed by atoms with van der Waals surface area (Å²) >= 11 is 7.88. The van der Waals surface area contributed by atoms with E-state index in [1.807, 2.05) is 30.3 Å². The average molecular weight is 578 g/mol. The van der Waals surface area contributed by atoms with Crippen LogP contribution in [0.1, 0.15) is 31.0 Å². The van der Waals surface area contributed by atoms with E-state index in [9.17, 15) is 14.7 Å². The molecule has 32 heavy (non-hydrogen) atoms. The van der Waals surface area contributed by atoms with Crippen LogP contribution in [0.25, 0.3) is 6.08 Å². The van der Waals surface area contributed by atoms with E-state index in [2.05, 4.69) is 36.9 Å². The Kier molecular flexibility index (Phi) is 6.50. The van der Waals surface area contributed by atoms with E-state index in [0.717, 1.165) is 11.1 Å². The fourth-order valence-corrected chi connectivity index (χ4v) is 5.83. The normalized spacial score (nSPS) is 16.0. The summed E-state index contributed by atoms with van der Waals surface area (Å²) in [7, 11) is 0. The number of rotatable bonds is 4. The number of thiazole rings is 1. The van der Waals surface area contributed by atoms with Crippen molar-refractivity contribution in [3.8, 4) is 5.75 Å². The zero-order chi connectivity index (χ0) is 23.0. The number of halogens is 2. The van der Waals surface area contributed by atoms with Crippen molar-refractivity contribution in [3.05, 3.63) is 93.5 Å². The van der Waals surface area contributed by atoms with Gasteiger partial charge in [0.2, 0.25) is 0 Å². The van der Waals surface area contributed by atoms with E-state index < -0.39 is 12.0 Å². The van der Waals surface area contributed by atoms with Crippen LogP contribution in [0.4, 0.5) is 0 Å². The Bertz CT molecular complexity index is 1400. The molecule has 3 aromatic rings. The minimum Gasteiger partial charge on any atom is -0.506 e. The van der Waals surface area contributed by atoms with Gasteiger partial charge in [0.25, 0.3) is 5.56 Å². The van der Waals surface area contributed by atoms with Gasteiger partial charge < -0.3 is 9.84 Å². The number of hydrogen-bond acceptors (Lipinski definition) is 6. The molecule has 0 amide bonds. The van der Waals surface area contributed by atoms with Crippen molar-refractivity contribution in [1.82, 2.24) is 4.57 Å². The minimum absolute atomic E-state index is 0.0855. The summed E-state index contributed by atoms with van der Waals surface area (Å²) in [6, 6.07) is 12.2. The number of carbonyl (C=O) groups is 1. The van der Waals surface area contributed by atoms with Crippen LogP contribution in [-0.2, 0) is 9.53 Å². The molecule has 164 valence electrons. The summed E-state index contributed by atoms with van der Waals surface area (Å²) in [5.41, 5.74) is 2.15. The highest BCUT2D eigenvalue weighted by Gasteiger charge is 2.33. The van der Waals surface area contributed by atoms with Gasteiger partial charge in [-0.2, -0.15) is 0 Å². The number of phenols is 1. The van der Waals surface area contributed by atoms with Crippen LogP contribution in [-0.4, -0.2) is 22.2 Å². The average Bonchev–Trinajstić information content (AvgIpc) is 3.06. The molecule has 0 saturated heterocycles. The summed E-state index contributed by atoms with van der Waals surface area (Å²) in [5, 5.41) is 9.96. The Morgan fingerprint density at radius 2 is 1.91 bits per heavy atom. The maximum absolute atomic E-state index is 13.5. The molecule has 2 heterocycles. The summed E-state index contributed by atoms with van der Waals surface area (Å²) < 4.78 is 8.32. The molecule has 2 aromatic carbocycles. The third-order valence-corrected chi connectivity index (χ3v) is 7.16. The first-order chi connectivity index (χ1) is 15.3. The summed E-state index contributed by atoms with van der Waals surface area (Å²) in [6.07, 6.45) is 1.74. The highest BCUT2D eigenvalue weighted by atomic mass is 79.9. The molecule has 0 fully saturated rings. The topological polar surface area (TPSA) is 80.9 Å². The van der Waals surface area contributed by atoms with Crippen LogP contribution in [0, 0.1) is 0 Å². The van der Waals surface area contributed by atoms with Crippen molar-refractivity contribution in [2.75, 3.05) is 6.61 Å². The number of phenolic OH excluding ortho intramolecular Hbond substituents is 1. The van der Waals surface area contributed by atoms with E-state index in [4.69, 9.17) is 4.74 Å². The lowest BCUT2D eigenvalue weighted by Gasteiger charge is -2.24. The van der Waals surface area contributed by atoms with E-state index in [0.29, 0.717) is 29.5 Å². The SMILES string of the molecule is CCOC(=O)C1=C(C)N=c2s/c(=C/c3cc(Br)c(O)c(Br)c3)c(=O)n2[C@@H]1c1ccccc1. The molecule has 1 aliphatic rings. The van der Waals surface area contributed by atoms with Crippen LogP contribution in [0.2, 0.25) is 0 Å². The molecular formula is C23H18Br2N2O4S. The lowest BCUT2D eigenvalue weighted by molar-refractivity contribution is -0.139. The smallest absolute Gasteiger partial charge is 0.338 e. The number of allylic oxidation sites excluding steroid dienone is 1. The first-order valence-electron chi connectivity index (χ1n) is 9.74. The van der Waals surface area contributed by atoms with Gasteiger partial charge in [0.15, 0.2) is 4.80 Å². The van der Waals surface area contributed by atoms with Crippen molar-refractivity contribution in [3.63, 3.8) is 0 Å². The van der Waals surface area contributed by atoms with Gasteiger partial charge in [-0.15, -0.1) is 0 Å². The van der Waals surface area contributed by atoms with Crippen LogP contribution in [0.15, 0.2) is 72.5 Å². The fraction of sp³-hybridized carbons (Fsp3) is 0.174. The number of ether oxygens (including phenoxy) is 1. The molecule has 0 spiro atoms. The molecule has 1 N–H and O–H groups in total. The zero-order valence-corrected chi connectivity index (χ0v) is 21.1. The molecule has 1 aromatic heterocycles. The molecule has 0 radical (unpaired) electrons. The predicted molar refractivity (Wildman–Crippen MR) is 130 cm³/mol. The van der Waals surface area contributed by atoms with Crippen LogP contribution in [0.5, 0.6) is 5.75 Å². The third kappa shape index (κ3) is 4.12. The molecular weight excluding hydrogens is 560 g/mol. The number of carbonyl (C=O) groups excluding carboxylic acids is 1. The number of aromatic nitrogens is 1. The van der Waals surface area contributed by atoms with Gasteiger partial charge in [-0.25, -0.2) is 9.79 Å². The molecule has 0 aliphatic carbocycles. The molecule has 6 nitrogen and oxygen atoms in total. The van der Waals surface area contributed by atoms with Gasteiger partial charge in [0, 0.05) is 0 Å². The second kappa shape index (κ2) is 9.17. The second-order valence-corrected chi connectivity index (χ2v) is 9.76. The monoisotopic (exact) mass is 576 g/mol. The van der Waals surface area contributed by atoms with Crippen molar-refractivity contribution in [1.29, 1.82) is 0 Å². The second-order valence-electron chi connectivity index (χ2n) is 7.05. The quantitative estimate of drug-likeness (QED) is 0.475.